The van der Waals surface area contributed by atoms with E-state index in [4.69, 9.17) is 9.47 Å². The summed E-state index contributed by atoms with van der Waals surface area (Å²) in [5, 5.41) is 0.914. The predicted molar refractivity (Wildman–Crippen MR) is 99.7 cm³/mol. The fraction of sp³-hybridized carbons (Fsp3) is 0.263. The summed E-state index contributed by atoms with van der Waals surface area (Å²) >= 11 is 1.61. The van der Waals surface area contributed by atoms with E-state index in [2.05, 4.69) is 4.98 Å². The molecule has 25 heavy (non-hydrogen) atoms. The Kier molecular flexibility index (Phi) is 4.90. The highest BCUT2D eigenvalue weighted by Crippen LogP contribution is 2.31. The molecule has 0 spiro atoms. The maximum absolute atomic E-state index is 12.8. The lowest BCUT2D eigenvalue weighted by Crippen LogP contribution is -2.29. The predicted octanol–water partition coefficient (Wildman–Crippen LogP) is 4.15. The molecule has 0 aliphatic rings. The number of benzene rings is 2. The van der Waals surface area contributed by atoms with E-state index in [1.165, 1.54) is 0 Å². The first-order valence-electron chi connectivity index (χ1n) is 7.89. The number of amides is 1. The van der Waals surface area contributed by atoms with Crippen molar-refractivity contribution >= 4 is 27.5 Å². The Morgan fingerprint density at radius 1 is 1.12 bits per heavy atom. The van der Waals surface area contributed by atoms with E-state index in [9.17, 15) is 4.79 Å². The van der Waals surface area contributed by atoms with Gasteiger partial charge in [-0.05, 0) is 37.3 Å². The normalized spacial score (nSPS) is 12.0. The maximum Gasteiger partial charge on any atom is 0.254 e. The summed E-state index contributed by atoms with van der Waals surface area (Å²) in [7, 11) is 4.91. The van der Waals surface area contributed by atoms with Crippen LogP contribution in [-0.4, -0.2) is 37.1 Å². The molecule has 0 aliphatic heterocycles. The molecule has 1 amide bonds. The first-order valence-corrected chi connectivity index (χ1v) is 8.71. The Balaban J connectivity index is 1.86. The number of hydrogen-bond donors (Lipinski definition) is 0. The van der Waals surface area contributed by atoms with Gasteiger partial charge in [0.15, 0.2) is 11.5 Å². The van der Waals surface area contributed by atoms with Gasteiger partial charge in [0.1, 0.15) is 5.01 Å². The highest BCUT2D eigenvalue weighted by atomic mass is 32.1. The molecule has 0 aliphatic carbocycles. The number of aromatic nitrogens is 1. The van der Waals surface area contributed by atoms with Crippen LogP contribution >= 0.6 is 11.3 Å². The lowest BCUT2D eigenvalue weighted by atomic mass is 10.1. The first kappa shape index (κ1) is 17.2. The molecular formula is C19H20N2O3S. The van der Waals surface area contributed by atoms with Gasteiger partial charge in [-0.15, -0.1) is 11.3 Å². The quantitative estimate of drug-likeness (QED) is 0.689. The summed E-state index contributed by atoms with van der Waals surface area (Å²) in [4.78, 5) is 19.2. The third kappa shape index (κ3) is 3.30. The summed E-state index contributed by atoms with van der Waals surface area (Å²) in [6, 6.07) is 13.0. The summed E-state index contributed by atoms with van der Waals surface area (Å²) < 4.78 is 11.6. The number of para-hydroxylation sites is 1. The molecule has 2 aromatic carbocycles. The van der Waals surface area contributed by atoms with Gasteiger partial charge in [0.05, 0.1) is 30.5 Å². The molecule has 0 saturated heterocycles. The standard InChI is InChI=1S/C19H20N2O3S/c1-12(18-20-14-7-5-6-8-17(14)25-18)21(2)19(22)13-9-10-15(23-3)16(11-13)24-4/h5-12H,1-4H3/t12-/m1/s1. The Bertz CT molecular complexity index is 874. The molecule has 3 rings (SSSR count). The van der Waals surface area contributed by atoms with Crippen molar-refractivity contribution in [2.45, 2.75) is 13.0 Å². The fourth-order valence-corrected chi connectivity index (χ4v) is 3.65. The average molecular weight is 356 g/mol. The van der Waals surface area contributed by atoms with Gasteiger partial charge in [-0.1, -0.05) is 12.1 Å². The Labute approximate surface area is 150 Å². The molecule has 5 nitrogen and oxygen atoms in total. The second kappa shape index (κ2) is 7.11. The third-order valence-corrected chi connectivity index (χ3v) is 5.41. The van der Waals surface area contributed by atoms with E-state index in [-0.39, 0.29) is 11.9 Å². The first-order chi connectivity index (χ1) is 12.0. The van der Waals surface area contributed by atoms with Crippen molar-refractivity contribution in [2.24, 2.45) is 0 Å². The Hall–Kier alpha value is -2.60. The monoisotopic (exact) mass is 356 g/mol. The minimum absolute atomic E-state index is 0.0901. The van der Waals surface area contributed by atoms with E-state index in [1.807, 2.05) is 31.2 Å². The zero-order valence-corrected chi connectivity index (χ0v) is 15.5. The number of methoxy groups -OCH3 is 2. The molecule has 0 fully saturated rings. The molecule has 1 aromatic heterocycles. The van der Waals surface area contributed by atoms with Gasteiger partial charge >= 0.3 is 0 Å². The van der Waals surface area contributed by atoms with Crippen LogP contribution in [0.1, 0.15) is 28.3 Å². The van der Waals surface area contributed by atoms with Gasteiger partial charge < -0.3 is 14.4 Å². The van der Waals surface area contributed by atoms with Crippen LogP contribution in [-0.2, 0) is 0 Å². The molecule has 6 heteroatoms. The van der Waals surface area contributed by atoms with E-state index in [0.29, 0.717) is 17.1 Å². The lowest BCUT2D eigenvalue weighted by molar-refractivity contribution is 0.0742. The topological polar surface area (TPSA) is 51.7 Å². The van der Waals surface area contributed by atoms with Crippen LogP contribution in [0.25, 0.3) is 10.2 Å². The Morgan fingerprint density at radius 2 is 1.84 bits per heavy atom. The van der Waals surface area contributed by atoms with Crippen LogP contribution < -0.4 is 9.47 Å². The SMILES string of the molecule is COc1ccc(C(=O)N(C)[C@H](C)c2nc3ccccc3s2)cc1OC. The summed E-state index contributed by atoms with van der Waals surface area (Å²) in [6.07, 6.45) is 0. The molecule has 0 N–H and O–H groups in total. The number of carbonyl (C=O) groups is 1. The van der Waals surface area contributed by atoms with Gasteiger partial charge in [0.25, 0.3) is 5.91 Å². The molecule has 0 radical (unpaired) electrons. The van der Waals surface area contributed by atoms with Crippen LogP contribution in [0.15, 0.2) is 42.5 Å². The van der Waals surface area contributed by atoms with Gasteiger partial charge in [0, 0.05) is 12.6 Å². The highest BCUT2D eigenvalue weighted by molar-refractivity contribution is 7.18. The van der Waals surface area contributed by atoms with Crippen LogP contribution in [0, 0.1) is 0 Å². The van der Waals surface area contributed by atoms with Gasteiger partial charge in [-0.3, -0.25) is 4.79 Å². The van der Waals surface area contributed by atoms with Gasteiger partial charge in [-0.25, -0.2) is 4.98 Å². The molecule has 0 saturated carbocycles. The molecule has 3 aromatic rings. The van der Waals surface area contributed by atoms with Crippen LogP contribution in [0.5, 0.6) is 11.5 Å². The number of carbonyl (C=O) groups excluding carboxylic acids is 1. The number of nitrogens with zero attached hydrogens (tertiary/aromatic N) is 2. The minimum Gasteiger partial charge on any atom is -0.493 e. The molecule has 1 atom stereocenters. The molecule has 0 bridgehead atoms. The summed E-state index contributed by atoms with van der Waals surface area (Å²) in [5.41, 5.74) is 1.51. The molecule has 0 unspecified atom stereocenters. The van der Waals surface area contributed by atoms with Crippen molar-refractivity contribution in [3.63, 3.8) is 0 Å². The van der Waals surface area contributed by atoms with Crippen molar-refractivity contribution in [2.75, 3.05) is 21.3 Å². The number of rotatable bonds is 5. The number of thiazole rings is 1. The van der Waals surface area contributed by atoms with Crippen molar-refractivity contribution in [3.8, 4) is 11.5 Å². The second-order valence-electron chi connectivity index (χ2n) is 5.68. The van der Waals surface area contributed by atoms with E-state index in [1.54, 1.807) is 55.7 Å². The maximum atomic E-state index is 12.8. The lowest BCUT2D eigenvalue weighted by Gasteiger charge is -2.23. The minimum atomic E-state index is -0.127. The molecular weight excluding hydrogens is 336 g/mol. The summed E-state index contributed by atoms with van der Waals surface area (Å²) in [6.45, 7) is 1.98. The third-order valence-electron chi connectivity index (χ3n) is 4.20. The highest BCUT2D eigenvalue weighted by Gasteiger charge is 2.22. The van der Waals surface area contributed by atoms with Gasteiger partial charge in [-0.2, -0.15) is 0 Å². The molecule has 130 valence electrons. The summed E-state index contributed by atoms with van der Waals surface area (Å²) in [5.74, 6) is 1.04. The average Bonchev–Trinajstić information content (AvgIpc) is 3.09. The van der Waals surface area contributed by atoms with Crippen molar-refractivity contribution in [3.05, 3.63) is 53.0 Å². The van der Waals surface area contributed by atoms with Crippen molar-refractivity contribution in [1.82, 2.24) is 9.88 Å². The zero-order valence-electron chi connectivity index (χ0n) is 14.6. The van der Waals surface area contributed by atoms with E-state index >= 15 is 0 Å². The largest absolute Gasteiger partial charge is 0.493 e. The van der Waals surface area contributed by atoms with E-state index in [0.717, 1.165) is 15.2 Å². The van der Waals surface area contributed by atoms with Crippen LogP contribution in [0.3, 0.4) is 0 Å². The fourth-order valence-electron chi connectivity index (χ4n) is 2.58. The smallest absolute Gasteiger partial charge is 0.254 e. The van der Waals surface area contributed by atoms with Crippen molar-refractivity contribution in [1.29, 1.82) is 0 Å². The van der Waals surface area contributed by atoms with Crippen LogP contribution in [0.4, 0.5) is 0 Å². The number of fused-ring (bicyclic) bond motifs is 1. The zero-order chi connectivity index (χ0) is 18.0. The number of hydrogen-bond acceptors (Lipinski definition) is 5. The van der Waals surface area contributed by atoms with Gasteiger partial charge in [0.2, 0.25) is 0 Å². The van der Waals surface area contributed by atoms with Crippen LogP contribution in [0.2, 0.25) is 0 Å². The Morgan fingerprint density at radius 3 is 2.52 bits per heavy atom. The van der Waals surface area contributed by atoms with Crippen molar-refractivity contribution < 1.29 is 14.3 Å². The van der Waals surface area contributed by atoms with E-state index < -0.39 is 0 Å². The number of ether oxygens (including phenoxy) is 2. The molecule has 1 heterocycles. The second-order valence-corrected chi connectivity index (χ2v) is 6.74.